The lowest BCUT2D eigenvalue weighted by Crippen LogP contribution is -2.08. The normalized spacial score (nSPS) is 11.0. The van der Waals surface area contributed by atoms with Gasteiger partial charge >= 0.3 is 12.1 Å². The molecular formula is C15H11F3N2O4. The van der Waals surface area contributed by atoms with Gasteiger partial charge in [-0.05, 0) is 24.3 Å². The Balaban J connectivity index is 2.48. The van der Waals surface area contributed by atoms with Gasteiger partial charge in [0.05, 0.1) is 28.8 Å². The second kappa shape index (κ2) is 6.57. The Hall–Kier alpha value is -3.10. The van der Waals surface area contributed by atoms with Crippen LogP contribution in [0.3, 0.4) is 0 Å². The van der Waals surface area contributed by atoms with Crippen LogP contribution in [0.5, 0.6) is 0 Å². The Morgan fingerprint density at radius 3 is 2.42 bits per heavy atom. The van der Waals surface area contributed by atoms with E-state index >= 15 is 0 Å². The summed E-state index contributed by atoms with van der Waals surface area (Å²) in [5.74, 6) is -0.687. The zero-order valence-electron chi connectivity index (χ0n) is 12.3. The first-order valence-electron chi connectivity index (χ1n) is 6.54. The first kappa shape index (κ1) is 17.3. The first-order valence-corrected chi connectivity index (χ1v) is 6.54. The van der Waals surface area contributed by atoms with Crippen LogP contribution >= 0.6 is 0 Å². The van der Waals surface area contributed by atoms with Crippen molar-refractivity contribution in [1.29, 1.82) is 0 Å². The molecule has 0 heterocycles. The largest absolute Gasteiger partial charge is 0.465 e. The number of hydrogen-bond donors (Lipinski definition) is 1. The molecule has 6 nitrogen and oxygen atoms in total. The van der Waals surface area contributed by atoms with Gasteiger partial charge in [0.2, 0.25) is 0 Å². The Morgan fingerprint density at radius 1 is 1.17 bits per heavy atom. The third kappa shape index (κ3) is 3.62. The molecule has 2 aromatic rings. The molecule has 9 heteroatoms. The minimum Gasteiger partial charge on any atom is -0.465 e. The van der Waals surface area contributed by atoms with Crippen LogP contribution < -0.4 is 5.32 Å². The van der Waals surface area contributed by atoms with Crippen LogP contribution in [0.2, 0.25) is 0 Å². The number of nitro groups is 1. The van der Waals surface area contributed by atoms with Crippen molar-refractivity contribution >= 4 is 23.0 Å². The highest BCUT2D eigenvalue weighted by atomic mass is 19.4. The molecule has 0 aliphatic carbocycles. The van der Waals surface area contributed by atoms with E-state index in [1.807, 2.05) is 0 Å². The molecule has 2 rings (SSSR count). The number of carbonyl (C=O) groups excluding carboxylic acids is 1. The predicted octanol–water partition coefficient (Wildman–Crippen LogP) is 4.14. The van der Waals surface area contributed by atoms with Gasteiger partial charge in [-0.1, -0.05) is 12.1 Å². The predicted molar refractivity (Wildman–Crippen MR) is 79.2 cm³/mol. The molecule has 0 aliphatic heterocycles. The summed E-state index contributed by atoms with van der Waals surface area (Å²) in [6, 6.07) is 8.08. The lowest BCUT2D eigenvalue weighted by atomic mass is 10.1. The Labute approximate surface area is 134 Å². The summed E-state index contributed by atoms with van der Waals surface area (Å²) in [5.41, 5.74) is -1.81. The molecule has 0 radical (unpaired) electrons. The first-order chi connectivity index (χ1) is 11.2. The van der Waals surface area contributed by atoms with Gasteiger partial charge in [0.25, 0.3) is 5.69 Å². The second-order valence-corrected chi connectivity index (χ2v) is 4.65. The summed E-state index contributed by atoms with van der Waals surface area (Å²) in [7, 11) is 1.17. The van der Waals surface area contributed by atoms with Gasteiger partial charge in [-0.2, -0.15) is 13.2 Å². The number of halogens is 3. The van der Waals surface area contributed by atoms with E-state index in [1.165, 1.54) is 19.2 Å². The molecule has 0 fully saturated rings. The van der Waals surface area contributed by atoms with Gasteiger partial charge in [-0.3, -0.25) is 10.1 Å². The van der Waals surface area contributed by atoms with E-state index in [4.69, 9.17) is 0 Å². The zero-order valence-corrected chi connectivity index (χ0v) is 12.3. The number of benzene rings is 2. The van der Waals surface area contributed by atoms with Gasteiger partial charge in [0, 0.05) is 6.07 Å². The maximum Gasteiger partial charge on any atom is 0.416 e. The molecule has 0 atom stereocenters. The van der Waals surface area contributed by atoms with E-state index in [9.17, 15) is 28.1 Å². The van der Waals surface area contributed by atoms with Gasteiger partial charge in [-0.25, -0.2) is 4.79 Å². The second-order valence-electron chi connectivity index (χ2n) is 4.65. The number of methoxy groups -OCH3 is 1. The van der Waals surface area contributed by atoms with Gasteiger partial charge in [-0.15, -0.1) is 0 Å². The number of para-hydroxylation sites is 1. The highest BCUT2D eigenvalue weighted by molar-refractivity contribution is 5.96. The molecule has 0 saturated heterocycles. The average Bonchev–Trinajstić information content (AvgIpc) is 2.53. The van der Waals surface area contributed by atoms with E-state index < -0.39 is 28.3 Å². The van der Waals surface area contributed by atoms with Crippen molar-refractivity contribution in [2.45, 2.75) is 6.18 Å². The van der Waals surface area contributed by atoms with Crippen molar-refractivity contribution in [2.24, 2.45) is 0 Å². The van der Waals surface area contributed by atoms with Crippen molar-refractivity contribution in [2.75, 3.05) is 12.4 Å². The fourth-order valence-corrected chi connectivity index (χ4v) is 1.99. The summed E-state index contributed by atoms with van der Waals surface area (Å²) in [4.78, 5) is 21.8. The van der Waals surface area contributed by atoms with Crippen molar-refractivity contribution < 1.29 is 27.6 Å². The van der Waals surface area contributed by atoms with Crippen LogP contribution in [-0.2, 0) is 10.9 Å². The zero-order chi connectivity index (χ0) is 17.9. The monoisotopic (exact) mass is 340 g/mol. The van der Waals surface area contributed by atoms with E-state index in [-0.39, 0.29) is 16.9 Å². The standard InChI is InChI=1S/C15H11F3N2O4/c1-24-14(21)10-4-2-3-5-11(10)19-12-7-6-9(15(16,17)18)8-13(12)20(22)23/h2-8,19H,1H3. The average molecular weight is 340 g/mol. The molecule has 126 valence electrons. The number of rotatable bonds is 4. The van der Waals surface area contributed by atoms with Crippen molar-refractivity contribution in [3.63, 3.8) is 0 Å². The highest BCUT2D eigenvalue weighted by Gasteiger charge is 2.33. The maximum atomic E-state index is 12.7. The van der Waals surface area contributed by atoms with Crippen molar-refractivity contribution in [3.05, 3.63) is 63.7 Å². The number of nitro benzene ring substituents is 1. The number of carbonyl (C=O) groups is 1. The van der Waals surface area contributed by atoms with E-state index in [2.05, 4.69) is 10.1 Å². The molecule has 0 spiro atoms. The lowest BCUT2D eigenvalue weighted by Gasteiger charge is -2.12. The van der Waals surface area contributed by atoms with E-state index in [0.29, 0.717) is 6.07 Å². The quantitative estimate of drug-likeness (QED) is 0.514. The fraction of sp³-hybridized carbons (Fsp3) is 0.133. The fourth-order valence-electron chi connectivity index (χ4n) is 1.99. The molecule has 24 heavy (non-hydrogen) atoms. The topological polar surface area (TPSA) is 81.5 Å². The molecular weight excluding hydrogens is 329 g/mol. The Kier molecular flexibility index (Phi) is 4.72. The van der Waals surface area contributed by atoms with Crippen LogP contribution in [0, 0.1) is 10.1 Å². The minimum absolute atomic E-state index is 0.0918. The van der Waals surface area contributed by atoms with Gasteiger partial charge in [0.1, 0.15) is 5.69 Å². The molecule has 0 saturated carbocycles. The third-order valence-corrected chi connectivity index (χ3v) is 3.12. The van der Waals surface area contributed by atoms with E-state index in [1.54, 1.807) is 12.1 Å². The molecule has 2 aromatic carbocycles. The molecule has 1 N–H and O–H groups in total. The van der Waals surface area contributed by atoms with Gasteiger partial charge < -0.3 is 10.1 Å². The summed E-state index contributed by atoms with van der Waals surface area (Å²) in [6.45, 7) is 0. The van der Waals surface area contributed by atoms with Crippen LogP contribution in [0.4, 0.5) is 30.2 Å². The number of anilines is 2. The Bertz CT molecular complexity index is 791. The maximum absolute atomic E-state index is 12.7. The SMILES string of the molecule is COC(=O)c1ccccc1Nc1ccc(C(F)(F)F)cc1[N+](=O)[O-]. The molecule has 0 amide bonds. The smallest absolute Gasteiger partial charge is 0.416 e. The molecule has 0 bridgehead atoms. The van der Waals surface area contributed by atoms with Crippen molar-refractivity contribution in [3.8, 4) is 0 Å². The Morgan fingerprint density at radius 2 is 1.83 bits per heavy atom. The highest BCUT2D eigenvalue weighted by Crippen LogP contribution is 2.36. The molecule has 0 aliphatic rings. The number of ether oxygens (including phenoxy) is 1. The summed E-state index contributed by atoms with van der Waals surface area (Å²) in [5, 5.41) is 13.7. The number of esters is 1. The third-order valence-electron chi connectivity index (χ3n) is 3.12. The van der Waals surface area contributed by atoms with Crippen LogP contribution in [0.1, 0.15) is 15.9 Å². The minimum atomic E-state index is -4.70. The summed E-state index contributed by atoms with van der Waals surface area (Å²) >= 11 is 0. The summed E-state index contributed by atoms with van der Waals surface area (Å²) in [6.07, 6.45) is -4.70. The molecule has 0 aromatic heterocycles. The number of hydrogen-bond acceptors (Lipinski definition) is 5. The van der Waals surface area contributed by atoms with Crippen LogP contribution in [0.25, 0.3) is 0 Å². The van der Waals surface area contributed by atoms with Crippen molar-refractivity contribution in [1.82, 2.24) is 0 Å². The van der Waals surface area contributed by atoms with Crippen LogP contribution in [0.15, 0.2) is 42.5 Å². The lowest BCUT2D eigenvalue weighted by molar-refractivity contribution is -0.384. The number of alkyl halides is 3. The van der Waals surface area contributed by atoms with E-state index in [0.717, 1.165) is 12.1 Å². The molecule has 0 unspecified atom stereocenters. The number of nitrogens with zero attached hydrogens (tertiary/aromatic N) is 1. The van der Waals surface area contributed by atoms with Crippen LogP contribution in [-0.4, -0.2) is 18.0 Å². The number of nitrogens with one attached hydrogen (secondary N) is 1. The van der Waals surface area contributed by atoms with Gasteiger partial charge in [0.15, 0.2) is 0 Å². The summed E-state index contributed by atoms with van der Waals surface area (Å²) < 4.78 is 42.7.